The molecular formula is C15H15Cl2N2O+. The zero-order valence-corrected chi connectivity index (χ0v) is 12.7. The summed E-state index contributed by atoms with van der Waals surface area (Å²) in [6.07, 6.45) is 3.75. The number of hydrogen-bond acceptors (Lipinski definition) is 1. The average Bonchev–Trinajstić information content (AvgIpc) is 2.43. The number of benzene rings is 1. The topological polar surface area (TPSA) is 33.0 Å². The summed E-state index contributed by atoms with van der Waals surface area (Å²) in [6, 6.07) is 8.53. The predicted molar refractivity (Wildman–Crippen MR) is 81.2 cm³/mol. The lowest BCUT2D eigenvalue weighted by molar-refractivity contribution is -0.705. The summed E-state index contributed by atoms with van der Waals surface area (Å²) in [7, 11) is 0. The van der Waals surface area contributed by atoms with Crippen LogP contribution in [-0.2, 0) is 4.79 Å². The molecule has 3 nitrogen and oxygen atoms in total. The second-order valence-corrected chi connectivity index (χ2v) is 5.46. The summed E-state index contributed by atoms with van der Waals surface area (Å²) in [5.41, 5.74) is 1.66. The molecule has 0 fully saturated rings. The van der Waals surface area contributed by atoms with Gasteiger partial charge in [0.25, 0.3) is 5.91 Å². The smallest absolute Gasteiger partial charge is 0.293 e. The SMILES string of the molecule is Cc1cc[n+]([C@@H](C)C(=O)Nc2cc(Cl)ccc2Cl)cc1. The number of carbonyl (C=O) groups is 1. The molecule has 1 N–H and O–H groups in total. The highest BCUT2D eigenvalue weighted by molar-refractivity contribution is 6.35. The van der Waals surface area contributed by atoms with Gasteiger partial charge in [0.15, 0.2) is 12.4 Å². The third-order valence-corrected chi connectivity index (χ3v) is 3.60. The van der Waals surface area contributed by atoms with Gasteiger partial charge >= 0.3 is 0 Å². The van der Waals surface area contributed by atoms with Crippen molar-refractivity contribution in [3.05, 3.63) is 58.3 Å². The van der Waals surface area contributed by atoms with E-state index in [4.69, 9.17) is 23.2 Å². The van der Waals surface area contributed by atoms with Crippen LogP contribution in [0.3, 0.4) is 0 Å². The third-order valence-electron chi connectivity index (χ3n) is 3.03. The van der Waals surface area contributed by atoms with Crippen LogP contribution in [0.25, 0.3) is 0 Å². The van der Waals surface area contributed by atoms with Gasteiger partial charge in [0.1, 0.15) is 0 Å². The lowest BCUT2D eigenvalue weighted by Crippen LogP contribution is -2.44. The van der Waals surface area contributed by atoms with Gasteiger partial charge in [0.2, 0.25) is 6.04 Å². The van der Waals surface area contributed by atoms with Gasteiger partial charge < -0.3 is 5.32 Å². The molecule has 1 aromatic heterocycles. The van der Waals surface area contributed by atoms with E-state index in [9.17, 15) is 4.79 Å². The molecule has 5 heteroatoms. The number of nitrogens with zero attached hydrogens (tertiary/aromatic N) is 1. The van der Waals surface area contributed by atoms with Crippen LogP contribution >= 0.6 is 23.2 Å². The Morgan fingerprint density at radius 3 is 2.50 bits per heavy atom. The van der Waals surface area contributed by atoms with Crippen molar-refractivity contribution in [2.45, 2.75) is 19.9 Å². The monoisotopic (exact) mass is 309 g/mol. The predicted octanol–water partition coefficient (Wildman–Crippen LogP) is 3.79. The van der Waals surface area contributed by atoms with Gasteiger partial charge in [-0.1, -0.05) is 23.2 Å². The molecule has 2 rings (SSSR count). The number of halogens is 2. The van der Waals surface area contributed by atoms with Gasteiger partial charge in [-0.2, -0.15) is 4.57 Å². The van der Waals surface area contributed by atoms with Crippen LogP contribution in [-0.4, -0.2) is 5.91 Å². The molecule has 104 valence electrons. The first-order valence-corrected chi connectivity index (χ1v) is 6.96. The Bertz CT molecular complexity index is 626. The van der Waals surface area contributed by atoms with Crippen LogP contribution < -0.4 is 9.88 Å². The molecule has 1 amide bonds. The maximum Gasteiger partial charge on any atom is 0.293 e. The molecule has 0 bridgehead atoms. The maximum atomic E-state index is 12.2. The van der Waals surface area contributed by atoms with Gasteiger partial charge in [0, 0.05) is 24.1 Å². The molecule has 1 heterocycles. The first-order chi connectivity index (χ1) is 9.47. The van der Waals surface area contributed by atoms with Crippen LogP contribution in [0.15, 0.2) is 42.7 Å². The lowest BCUT2D eigenvalue weighted by Gasteiger charge is -2.10. The van der Waals surface area contributed by atoms with Crippen molar-refractivity contribution in [2.24, 2.45) is 0 Å². The van der Waals surface area contributed by atoms with Crippen molar-refractivity contribution >= 4 is 34.8 Å². The number of pyridine rings is 1. The fourth-order valence-electron chi connectivity index (χ4n) is 1.74. The van der Waals surface area contributed by atoms with Gasteiger partial charge in [-0.25, -0.2) is 0 Å². The lowest BCUT2D eigenvalue weighted by atomic mass is 10.2. The van der Waals surface area contributed by atoms with E-state index in [0.29, 0.717) is 15.7 Å². The number of rotatable bonds is 3. The van der Waals surface area contributed by atoms with Crippen LogP contribution in [0.1, 0.15) is 18.5 Å². The molecule has 0 spiro atoms. The molecule has 0 unspecified atom stereocenters. The molecule has 0 saturated carbocycles. The van der Waals surface area contributed by atoms with E-state index in [1.165, 1.54) is 0 Å². The number of aryl methyl sites for hydroxylation is 1. The fourth-order valence-corrected chi connectivity index (χ4v) is 2.07. The molecule has 2 aromatic rings. The van der Waals surface area contributed by atoms with Crippen molar-refractivity contribution in [3.8, 4) is 0 Å². The minimum absolute atomic E-state index is 0.150. The number of amides is 1. The third kappa shape index (κ3) is 3.50. The molecule has 0 aliphatic rings. The highest BCUT2D eigenvalue weighted by atomic mass is 35.5. The Morgan fingerprint density at radius 1 is 1.20 bits per heavy atom. The van der Waals surface area contributed by atoms with Crippen molar-refractivity contribution < 1.29 is 9.36 Å². The Labute approximate surface area is 128 Å². The Kier molecular flexibility index (Phi) is 4.63. The minimum Gasteiger partial charge on any atom is -0.319 e. The Hall–Kier alpha value is -1.58. The summed E-state index contributed by atoms with van der Waals surface area (Å²) in [4.78, 5) is 12.2. The number of hydrogen-bond donors (Lipinski definition) is 1. The quantitative estimate of drug-likeness (QED) is 0.860. The van der Waals surface area contributed by atoms with Crippen molar-refractivity contribution in [1.82, 2.24) is 0 Å². The van der Waals surface area contributed by atoms with Crippen molar-refractivity contribution in [1.29, 1.82) is 0 Å². The van der Waals surface area contributed by atoms with E-state index >= 15 is 0 Å². The van der Waals surface area contributed by atoms with Crippen LogP contribution in [0, 0.1) is 6.92 Å². The molecule has 1 aromatic carbocycles. The second-order valence-electron chi connectivity index (χ2n) is 4.61. The molecular weight excluding hydrogens is 295 g/mol. The van der Waals surface area contributed by atoms with Crippen LogP contribution in [0.5, 0.6) is 0 Å². The van der Waals surface area contributed by atoms with E-state index in [2.05, 4.69) is 5.32 Å². The van der Waals surface area contributed by atoms with Crippen molar-refractivity contribution in [2.75, 3.05) is 5.32 Å². The number of aromatic nitrogens is 1. The Balaban J connectivity index is 2.15. The van der Waals surface area contributed by atoms with Crippen molar-refractivity contribution in [3.63, 3.8) is 0 Å². The molecule has 0 aliphatic heterocycles. The maximum absolute atomic E-state index is 12.2. The van der Waals surface area contributed by atoms with Gasteiger partial charge in [0.05, 0.1) is 10.7 Å². The largest absolute Gasteiger partial charge is 0.319 e. The Morgan fingerprint density at radius 2 is 1.85 bits per heavy atom. The van der Waals surface area contributed by atoms with E-state index in [1.54, 1.807) is 18.2 Å². The normalized spacial score (nSPS) is 12.0. The second kappa shape index (κ2) is 6.25. The molecule has 0 saturated heterocycles. The van der Waals surface area contributed by atoms with E-state index < -0.39 is 0 Å². The first kappa shape index (κ1) is 14.8. The van der Waals surface area contributed by atoms with Gasteiger partial charge in [-0.3, -0.25) is 4.79 Å². The summed E-state index contributed by atoms with van der Waals surface area (Å²) in [5, 5.41) is 3.78. The zero-order chi connectivity index (χ0) is 14.7. The number of carbonyl (C=O) groups excluding carboxylic acids is 1. The van der Waals surface area contributed by atoms with Crippen LogP contribution in [0.2, 0.25) is 10.0 Å². The highest BCUT2D eigenvalue weighted by Crippen LogP contribution is 2.25. The van der Waals surface area contributed by atoms with E-state index in [-0.39, 0.29) is 11.9 Å². The summed E-state index contributed by atoms with van der Waals surface area (Å²) < 4.78 is 1.83. The summed E-state index contributed by atoms with van der Waals surface area (Å²) in [6.45, 7) is 3.82. The van der Waals surface area contributed by atoms with Gasteiger partial charge in [-0.05, 0) is 30.7 Å². The van der Waals surface area contributed by atoms with E-state index in [0.717, 1.165) is 5.56 Å². The first-order valence-electron chi connectivity index (χ1n) is 6.20. The fraction of sp³-hybridized carbons (Fsp3) is 0.200. The standard InChI is InChI=1S/C15H14Cl2N2O/c1-10-5-7-19(8-6-10)11(2)15(20)18-14-9-12(16)3-4-13(14)17/h3-9,11H,1-2H3/p+1/t11-/m0/s1. The van der Waals surface area contributed by atoms with E-state index in [1.807, 2.05) is 42.9 Å². The number of nitrogens with one attached hydrogen (secondary N) is 1. The average molecular weight is 310 g/mol. The molecule has 20 heavy (non-hydrogen) atoms. The van der Waals surface area contributed by atoms with Crippen LogP contribution in [0.4, 0.5) is 5.69 Å². The molecule has 0 aliphatic carbocycles. The van der Waals surface area contributed by atoms with Gasteiger partial charge in [-0.15, -0.1) is 0 Å². The number of anilines is 1. The molecule has 0 radical (unpaired) electrons. The summed E-state index contributed by atoms with van der Waals surface area (Å²) >= 11 is 11.9. The molecule has 1 atom stereocenters. The summed E-state index contributed by atoms with van der Waals surface area (Å²) in [5.74, 6) is -0.150. The minimum atomic E-state index is -0.342. The zero-order valence-electron chi connectivity index (χ0n) is 11.2. The highest BCUT2D eigenvalue weighted by Gasteiger charge is 2.22.